The molecule has 6 heteroatoms. The van der Waals surface area contributed by atoms with Crippen molar-refractivity contribution >= 4 is 0 Å². The van der Waals surface area contributed by atoms with Crippen molar-refractivity contribution in [1.29, 1.82) is 0 Å². The van der Waals surface area contributed by atoms with E-state index in [1.54, 1.807) is 0 Å². The molecule has 0 aliphatic carbocycles. The molecular weight excluding hydrogens is 212 g/mol. The average molecular weight is 228 g/mol. The Hall–Kier alpha value is -1.40. The van der Waals surface area contributed by atoms with Crippen LogP contribution < -0.4 is 11.2 Å². The van der Waals surface area contributed by atoms with Crippen LogP contribution in [0.4, 0.5) is 0 Å². The van der Waals surface area contributed by atoms with Gasteiger partial charge in [-0.3, -0.25) is 14.3 Å². The summed E-state index contributed by atoms with van der Waals surface area (Å²) in [5.41, 5.74) is -0.869. The number of hydrogen-bond donors (Lipinski definition) is 2. The summed E-state index contributed by atoms with van der Waals surface area (Å²) in [6, 6.07) is 1.14. The maximum atomic E-state index is 11.4. The molecule has 16 heavy (non-hydrogen) atoms. The van der Waals surface area contributed by atoms with Crippen LogP contribution in [0.2, 0.25) is 0 Å². The fourth-order valence-electron chi connectivity index (χ4n) is 1.51. The molecule has 0 fully saturated rings. The zero-order chi connectivity index (χ0) is 12.1. The van der Waals surface area contributed by atoms with Gasteiger partial charge in [0.25, 0.3) is 5.56 Å². The molecule has 0 spiro atoms. The monoisotopic (exact) mass is 228 g/mol. The Labute approximate surface area is 92.5 Å². The topological polar surface area (TPSA) is 84.3 Å². The highest BCUT2D eigenvalue weighted by Gasteiger charge is 2.13. The van der Waals surface area contributed by atoms with Crippen molar-refractivity contribution in [1.82, 2.24) is 9.55 Å². The van der Waals surface area contributed by atoms with Gasteiger partial charge in [-0.25, -0.2) is 4.79 Å². The van der Waals surface area contributed by atoms with E-state index < -0.39 is 11.2 Å². The largest absolute Gasteiger partial charge is 0.394 e. The molecule has 2 N–H and O–H groups in total. The number of ether oxygens (including phenoxy) is 1. The van der Waals surface area contributed by atoms with Gasteiger partial charge in [-0.1, -0.05) is 0 Å². The molecule has 0 aliphatic heterocycles. The lowest BCUT2D eigenvalue weighted by Crippen LogP contribution is -2.32. The second-order valence-corrected chi connectivity index (χ2v) is 3.64. The second-order valence-electron chi connectivity index (χ2n) is 3.64. The molecule has 1 aromatic heterocycles. The maximum Gasteiger partial charge on any atom is 0.328 e. The molecule has 1 rings (SSSR count). The van der Waals surface area contributed by atoms with Crippen molar-refractivity contribution in [2.75, 3.05) is 13.7 Å². The van der Waals surface area contributed by atoms with Crippen molar-refractivity contribution in [2.24, 2.45) is 0 Å². The minimum absolute atomic E-state index is 0.0983. The van der Waals surface area contributed by atoms with Crippen molar-refractivity contribution in [3.63, 3.8) is 0 Å². The van der Waals surface area contributed by atoms with Gasteiger partial charge in [-0.05, 0) is 13.3 Å². The van der Waals surface area contributed by atoms with Crippen LogP contribution in [0.15, 0.2) is 21.9 Å². The van der Waals surface area contributed by atoms with E-state index in [4.69, 9.17) is 9.84 Å². The number of aliphatic hydroxyl groups is 1. The fourth-order valence-corrected chi connectivity index (χ4v) is 1.51. The molecule has 0 saturated heterocycles. The Morgan fingerprint density at radius 1 is 1.56 bits per heavy atom. The van der Waals surface area contributed by atoms with Crippen LogP contribution in [0.1, 0.15) is 19.4 Å². The zero-order valence-corrected chi connectivity index (χ0v) is 9.34. The first-order valence-electron chi connectivity index (χ1n) is 5.03. The highest BCUT2D eigenvalue weighted by molar-refractivity contribution is 4.85. The normalized spacial score (nSPS) is 14.7. The van der Waals surface area contributed by atoms with Crippen molar-refractivity contribution in [2.45, 2.75) is 25.5 Å². The Balaban J connectivity index is 2.84. The highest BCUT2D eigenvalue weighted by atomic mass is 16.5. The summed E-state index contributed by atoms with van der Waals surface area (Å²) in [7, 11) is 1.50. The molecule has 0 bridgehead atoms. The Morgan fingerprint density at radius 3 is 2.75 bits per heavy atom. The van der Waals surface area contributed by atoms with Crippen LogP contribution >= 0.6 is 0 Å². The molecule has 0 aliphatic rings. The van der Waals surface area contributed by atoms with Crippen LogP contribution in [-0.2, 0) is 4.74 Å². The van der Waals surface area contributed by atoms with Crippen LogP contribution in [0.25, 0.3) is 0 Å². The third kappa shape index (κ3) is 3.04. The van der Waals surface area contributed by atoms with E-state index in [1.165, 1.54) is 23.9 Å². The van der Waals surface area contributed by atoms with E-state index in [2.05, 4.69) is 4.98 Å². The summed E-state index contributed by atoms with van der Waals surface area (Å²) in [6.07, 6.45) is 1.63. The van der Waals surface area contributed by atoms with E-state index in [1.807, 2.05) is 6.92 Å². The molecule has 0 aromatic carbocycles. The zero-order valence-electron chi connectivity index (χ0n) is 9.34. The molecule has 6 nitrogen and oxygen atoms in total. The number of aromatic amines is 1. The van der Waals surface area contributed by atoms with Gasteiger partial charge in [-0.15, -0.1) is 0 Å². The third-order valence-corrected chi connectivity index (χ3v) is 2.47. The average Bonchev–Trinajstić information content (AvgIpc) is 2.25. The number of H-pyrrole nitrogens is 1. The van der Waals surface area contributed by atoms with E-state index in [-0.39, 0.29) is 18.8 Å². The van der Waals surface area contributed by atoms with Gasteiger partial charge in [0.1, 0.15) is 0 Å². The molecule has 2 atom stereocenters. The van der Waals surface area contributed by atoms with E-state index >= 15 is 0 Å². The van der Waals surface area contributed by atoms with Gasteiger partial charge in [0.15, 0.2) is 0 Å². The fraction of sp³-hybridized carbons (Fsp3) is 0.600. The molecule has 0 saturated carbocycles. The van der Waals surface area contributed by atoms with Crippen LogP contribution in [0, 0.1) is 0 Å². The van der Waals surface area contributed by atoms with E-state index in [9.17, 15) is 9.59 Å². The standard InChI is InChI=1S/C10H16N2O4/c1-7(5-8(6-13)16-2)12-4-3-9(14)11-10(12)15/h3-4,7-8,13H,5-6H2,1-2H3,(H,11,14,15). The van der Waals surface area contributed by atoms with Gasteiger partial charge in [0, 0.05) is 25.4 Å². The first-order valence-corrected chi connectivity index (χ1v) is 5.03. The van der Waals surface area contributed by atoms with E-state index in [0.717, 1.165) is 0 Å². The summed E-state index contributed by atoms with van der Waals surface area (Å²) in [6.45, 7) is 1.72. The number of rotatable bonds is 5. The first kappa shape index (κ1) is 12.7. The molecular formula is C10H16N2O4. The lowest BCUT2D eigenvalue weighted by Gasteiger charge is -2.19. The quantitative estimate of drug-likeness (QED) is 0.711. The number of nitrogens with zero attached hydrogens (tertiary/aromatic N) is 1. The second kappa shape index (κ2) is 5.62. The minimum atomic E-state index is -0.451. The summed E-state index contributed by atoms with van der Waals surface area (Å²) < 4.78 is 6.42. The minimum Gasteiger partial charge on any atom is -0.394 e. The summed E-state index contributed by atoms with van der Waals surface area (Å²) in [5.74, 6) is 0. The first-order chi connectivity index (χ1) is 7.58. The number of aliphatic hydroxyl groups excluding tert-OH is 1. The Bertz CT molecular complexity index is 433. The molecule has 1 aromatic rings. The molecule has 1 heterocycles. The molecule has 90 valence electrons. The summed E-state index contributed by atoms with van der Waals surface area (Å²) in [5, 5.41) is 8.97. The highest BCUT2D eigenvalue weighted by Crippen LogP contribution is 2.11. The van der Waals surface area contributed by atoms with Crippen LogP contribution in [0.5, 0.6) is 0 Å². The number of hydrogen-bond acceptors (Lipinski definition) is 4. The summed E-state index contributed by atoms with van der Waals surface area (Å²) in [4.78, 5) is 24.5. The predicted octanol–water partition coefficient (Wildman–Crippen LogP) is -0.505. The van der Waals surface area contributed by atoms with Gasteiger partial charge in [-0.2, -0.15) is 0 Å². The summed E-state index contributed by atoms with van der Waals surface area (Å²) >= 11 is 0. The lowest BCUT2D eigenvalue weighted by atomic mass is 10.1. The number of methoxy groups -OCH3 is 1. The van der Waals surface area contributed by atoms with Crippen molar-refractivity contribution in [3.05, 3.63) is 33.1 Å². The van der Waals surface area contributed by atoms with Gasteiger partial charge in [0.05, 0.1) is 12.7 Å². The molecule has 0 radical (unpaired) electrons. The predicted molar refractivity (Wildman–Crippen MR) is 58.5 cm³/mol. The van der Waals surface area contributed by atoms with Crippen molar-refractivity contribution < 1.29 is 9.84 Å². The van der Waals surface area contributed by atoms with Crippen LogP contribution in [-0.4, -0.2) is 34.5 Å². The molecule has 0 amide bonds. The molecule has 2 unspecified atom stereocenters. The maximum absolute atomic E-state index is 11.4. The van der Waals surface area contributed by atoms with Crippen molar-refractivity contribution in [3.8, 4) is 0 Å². The van der Waals surface area contributed by atoms with E-state index in [0.29, 0.717) is 6.42 Å². The van der Waals surface area contributed by atoms with Crippen LogP contribution in [0.3, 0.4) is 0 Å². The SMILES string of the molecule is COC(CO)CC(C)n1ccc(=O)[nH]c1=O. The van der Waals surface area contributed by atoms with Gasteiger partial charge in [0.2, 0.25) is 0 Å². The van der Waals surface area contributed by atoms with Gasteiger partial charge < -0.3 is 9.84 Å². The Kier molecular flexibility index (Phi) is 4.45. The third-order valence-electron chi connectivity index (χ3n) is 2.47. The van der Waals surface area contributed by atoms with Gasteiger partial charge >= 0.3 is 5.69 Å². The number of nitrogens with one attached hydrogen (secondary N) is 1. The smallest absolute Gasteiger partial charge is 0.328 e. The number of aromatic nitrogens is 2. The lowest BCUT2D eigenvalue weighted by molar-refractivity contribution is 0.0341. The Morgan fingerprint density at radius 2 is 2.25 bits per heavy atom.